The molecule has 1 aromatic heterocycles. The van der Waals surface area contributed by atoms with Crippen LogP contribution in [0.3, 0.4) is 0 Å². The SMILES string of the molecule is CNC(C)C(C)(c1ccc2ccoc2c1)C(F)(F)F. The summed E-state index contributed by atoms with van der Waals surface area (Å²) in [7, 11) is 1.53. The van der Waals surface area contributed by atoms with Crippen molar-refractivity contribution in [2.24, 2.45) is 0 Å². The molecule has 2 unspecified atom stereocenters. The Hall–Kier alpha value is -1.49. The summed E-state index contributed by atoms with van der Waals surface area (Å²) in [5, 5.41) is 3.50. The first kappa shape index (κ1) is 13.9. The molecule has 5 heteroatoms. The lowest BCUT2D eigenvalue weighted by atomic mass is 9.75. The van der Waals surface area contributed by atoms with Gasteiger partial charge < -0.3 is 9.73 Å². The van der Waals surface area contributed by atoms with Gasteiger partial charge in [-0.2, -0.15) is 13.2 Å². The Bertz CT molecular complexity index is 575. The Morgan fingerprint density at radius 3 is 2.47 bits per heavy atom. The summed E-state index contributed by atoms with van der Waals surface area (Å²) >= 11 is 0. The summed E-state index contributed by atoms with van der Waals surface area (Å²) in [6, 6.07) is 5.61. The van der Waals surface area contributed by atoms with Crippen molar-refractivity contribution in [3.05, 3.63) is 36.1 Å². The summed E-state index contributed by atoms with van der Waals surface area (Å²) in [6.45, 7) is 2.73. The molecule has 0 saturated carbocycles. The zero-order chi connectivity index (χ0) is 14.3. The number of furan rings is 1. The molecule has 19 heavy (non-hydrogen) atoms. The van der Waals surface area contributed by atoms with Crippen molar-refractivity contribution in [3.8, 4) is 0 Å². The molecule has 0 fully saturated rings. The van der Waals surface area contributed by atoms with Crippen LogP contribution in [-0.2, 0) is 5.41 Å². The maximum absolute atomic E-state index is 13.5. The van der Waals surface area contributed by atoms with E-state index in [4.69, 9.17) is 4.42 Å². The molecule has 0 amide bonds. The highest BCUT2D eigenvalue weighted by Gasteiger charge is 2.55. The van der Waals surface area contributed by atoms with E-state index in [9.17, 15) is 13.2 Å². The molecule has 1 N–H and O–H groups in total. The molecule has 1 aromatic carbocycles. The number of hydrogen-bond donors (Lipinski definition) is 1. The van der Waals surface area contributed by atoms with Crippen molar-refractivity contribution in [2.45, 2.75) is 31.5 Å². The van der Waals surface area contributed by atoms with Crippen LogP contribution in [-0.4, -0.2) is 19.3 Å². The van der Waals surface area contributed by atoms with Crippen molar-refractivity contribution in [2.75, 3.05) is 7.05 Å². The molecule has 0 saturated heterocycles. The van der Waals surface area contributed by atoms with Gasteiger partial charge in [0, 0.05) is 11.4 Å². The zero-order valence-electron chi connectivity index (χ0n) is 11.0. The smallest absolute Gasteiger partial charge is 0.399 e. The molecular formula is C14H16F3NO. The van der Waals surface area contributed by atoms with Crippen LogP contribution < -0.4 is 5.32 Å². The highest BCUT2D eigenvalue weighted by Crippen LogP contribution is 2.44. The van der Waals surface area contributed by atoms with E-state index < -0.39 is 17.6 Å². The average molecular weight is 271 g/mol. The van der Waals surface area contributed by atoms with E-state index in [2.05, 4.69) is 5.32 Å². The van der Waals surface area contributed by atoms with Gasteiger partial charge in [0.25, 0.3) is 0 Å². The van der Waals surface area contributed by atoms with E-state index in [1.807, 2.05) is 0 Å². The van der Waals surface area contributed by atoms with Crippen LogP contribution >= 0.6 is 0 Å². The molecule has 0 spiro atoms. The van der Waals surface area contributed by atoms with Gasteiger partial charge in [0.2, 0.25) is 0 Å². The summed E-state index contributed by atoms with van der Waals surface area (Å²) in [6.07, 6.45) is -2.88. The number of alkyl halides is 3. The molecule has 1 heterocycles. The molecule has 2 atom stereocenters. The minimum Gasteiger partial charge on any atom is -0.464 e. The van der Waals surface area contributed by atoms with E-state index in [0.29, 0.717) is 5.58 Å². The zero-order valence-corrected chi connectivity index (χ0v) is 11.0. The van der Waals surface area contributed by atoms with Crippen molar-refractivity contribution in [1.82, 2.24) is 5.32 Å². The van der Waals surface area contributed by atoms with Crippen molar-refractivity contribution in [1.29, 1.82) is 0 Å². The van der Waals surface area contributed by atoms with Gasteiger partial charge in [-0.1, -0.05) is 12.1 Å². The average Bonchev–Trinajstić information content (AvgIpc) is 2.82. The fourth-order valence-corrected chi connectivity index (χ4v) is 2.23. The highest BCUT2D eigenvalue weighted by molar-refractivity contribution is 5.78. The van der Waals surface area contributed by atoms with E-state index in [1.54, 1.807) is 12.1 Å². The van der Waals surface area contributed by atoms with E-state index in [0.717, 1.165) is 5.39 Å². The van der Waals surface area contributed by atoms with Crippen LogP contribution in [0.5, 0.6) is 0 Å². The Morgan fingerprint density at radius 2 is 1.89 bits per heavy atom. The van der Waals surface area contributed by atoms with E-state index >= 15 is 0 Å². The Kier molecular flexibility index (Phi) is 3.34. The predicted octanol–water partition coefficient (Wildman–Crippen LogP) is 3.86. The van der Waals surface area contributed by atoms with Gasteiger partial charge in [0.15, 0.2) is 0 Å². The van der Waals surface area contributed by atoms with Crippen molar-refractivity contribution in [3.63, 3.8) is 0 Å². The third-order valence-electron chi connectivity index (χ3n) is 3.94. The Balaban J connectivity index is 2.60. The second-order valence-electron chi connectivity index (χ2n) is 4.88. The number of rotatable bonds is 3. The first-order valence-electron chi connectivity index (χ1n) is 6.02. The second-order valence-corrected chi connectivity index (χ2v) is 4.88. The van der Waals surface area contributed by atoms with Crippen molar-refractivity contribution < 1.29 is 17.6 Å². The van der Waals surface area contributed by atoms with Crippen molar-refractivity contribution >= 4 is 11.0 Å². The molecule has 0 aliphatic heterocycles. The lowest BCUT2D eigenvalue weighted by Crippen LogP contribution is -2.53. The number of halogens is 3. The van der Waals surface area contributed by atoms with Gasteiger partial charge in [0.1, 0.15) is 11.0 Å². The second kappa shape index (κ2) is 4.56. The maximum atomic E-state index is 13.5. The fourth-order valence-electron chi connectivity index (χ4n) is 2.23. The van der Waals surface area contributed by atoms with Crippen LogP contribution in [0.15, 0.2) is 34.9 Å². The van der Waals surface area contributed by atoms with Gasteiger partial charge in [0.05, 0.1) is 6.26 Å². The molecule has 2 rings (SSSR count). The normalized spacial score (nSPS) is 17.4. The quantitative estimate of drug-likeness (QED) is 0.917. The summed E-state index contributed by atoms with van der Waals surface area (Å²) in [4.78, 5) is 0. The number of nitrogens with one attached hydrogen (secondary N) is 1. The monoisotopic (exact) mass is 271 g/mol. The van der Waals surface area contributed by atoms with Gasteiger partial charge in [-0.15, -0.1) is 0 Å². The van der Waals surface area contributed by atoms with Crippen LogP contribution in [0.25, 0.3) is 11.0 Å². The largest absolute Gasteiger partial charge is 0.464 e. The Morgan fingerprint density at radius 1 is 1.21 bits per heavy atom. The summed E-state index contributed by atoms with van der Waals surface area (Å²) in [5.41, 5.74) is -1.30. The molecule has 104 valence electrons. The summed E-state index contributed by atoms with van der Waals surface area (Å²) in [5.74, 6) is 0. The third-order valence-corrected chi connectivity index (χ3v) is 3.94. The fraction of sp³-hybridized carbons (Fsp3) is 0.429. The maximum Gasteiger partial charge on any atom is 0.399 e. The lowest BCUT2D eigenvalue weighted by Gasteiger charge is -2.37. The van der Waals surface area contributed by atoms with Crippen LogP contribution in [0.2, 0.25) is 0 Å². The minimum absolute atomic E-state index is 0.198. The third kappa shape index (κ3) is 2.12. The van der Waals surface area contributed by atoms with Crippen LogP contribution in [0, 0.1) is 0 Å². The molecule has 2 aromatic rings. The molecule has 0 aliphatic rings. The van der Waals surface area contributed by atoms with Crippen LogP contribution in [0.1, 0.15) is 19.4 Å². The standard InChI is InChI=1S/C14H16F3NO/c1-9(18-3)13(2,14(15,16)17)11-5-4-10-6-7-19-12(10)8-11/h4-9,18H,1-3H3. The predicted molar refractivity (Wildman–Crippen MR) is 68.1 cm³/mol. The first-order valence-corrected chi connectivity index (χ1v) is 6.02. The molecular weight excluding hydrogens is 255 g/mol. The van der Waals surface area contributed by atoms with E-state index in [1.165, 1.54) is 39.3 Å². The minimum atomic E-state index is -4.35. The van der Waals surface area contributed by atoms with Gasteiger partial charge in [-0.25, -0.2) is 0 Å². The summed E-state index contributed by atoms with van der Waals surface area (Å²) < 4.78 is 45.6. The van der Waals surface area contributed by atoms with Gasteiger partial charge in [-0.3, -0.25) is 0 Å². The lowest BCUT2D eigenvalue weighted by molar-refractivity contribution is -0.192. The Labute approximate surface area is 109 Å². The number of benzene rings is 1. The highest BCUT2D eigenvalue weighted by atomic mass is 19.4. The van der Waals surface area contributed by atoms with Gasteiger partial charge in [-0.05, 0) is 38.6 Å². The number of fused-ring (bicyclic) bond motifs is 1. The number of hydrogen-bond acceptors (Lipinski definition) is 2. The molecule has 2 nitrogen and oxygen atoms in total. The van der Waals surface area contributed by atoms with E-state index in [-0.39, 0.29) is 5.56 Å². The topological polar surface area (TPSA) is 25.2 Å². The molecule has 0 aliphatic carbocycles. The van der Waals surface area contributed by atoms with Crippen LogP contribution in [0.4, 0.5) is 13.2 Å². The molecule has 0 radical (unpaired) electrons. The molecule has 0 bridgehead atoms. The van der Waals surface area contributed by atoms with Gasteiger partial charge >= 0.3 is 6.18 Å². The first-order chi connectivity index (χ1) is 8.80. The number of likely N-dealkylation sites (N-methyl/N-ethyl adjacent to an activating group) is 1.